The molecule has 2 N–H and O–H groups in total. The van der Waals surface area contributed by atoms with Crippen LogP contribution in [0.3, 0.4) is 0 Å². The highest BCUT2D eigenvalue weighted by atomic mass is 127. The molecule has 4 nitrogen and oxygen atoms in total. The smallest absolute Gasteiger partial charge is 0.191 e. The minimum absolute atomic E-state index is 0. The summed E-state index contributed by atoms with van der Waals surface area (Å²) < 4.78 is 31.3. The molecule has 114 valence electrons. The Bertz CT molecular complexity index is 430. The zero-order valence-corrected chi connectivity index (χ0v) is 13.9. The number of hydrogen-bond acceptors (Lipinski definition) is 2. The highest BCUT2D eigenvalue weighted by Gasteiger charge is 2.07. The van der Waals surface area contributed by atoms with Crippen LogP contribution in [0.4, 0.5) is 8.78 Å². The summed E-state index contributed by atoms with van der Waals surface area (Å²) in [5, 5.41) is 6.05. The maximum atomic E-state index is 13.4. The van der Waals surface area contributed by atoms with Crippen molar-refractivity contribution < 1.29 is 13.5 Å². The van der Waals surface area contributed by atoms with E-state index in [2.05, 4.69) is 15.6 Å². The van der Waals surface area contributed by atoms with Gasteiger partial charge in [-0.05, 0) is 18.1 Å². The van der Waals surface area contributed by atoms with Crippen molar-refractivity contribution in [2.24, 2.45) is 4.99 Å². The topological polar surface area (TPSA) is 45.7 Å². The average molecular weight is 399 g/mol. The maximum absolute atomic E-state index is 13.4. The molecule has 7 heteroatoms. The molecule has 0 saturated heterocycles. The van der Waals surface area contributed by atoms with Crippen molar-refractivity contribution in [1.82, 2.24) is 10.6 Å². The summed E-state index contributed by atoms with van der Waals surface area (Å²) in [7, 11) is 3.26. The lowest BCUT2D eigenvalue weighted by Crippen LogP contribution is -2.39. The van der Waals surface area contributed by atoms with Crippen molar-refractivity contribution in [1.29, 1.82) is 0 Å². The molecule has 1 rings (SSSR count). The first-order valence-corrected chi connectivity index (χ1v) is 6.05. The molecule has 20 heavy (non-hydrogen) atoms. The molecule has 1 aromatic carbocycles. The summed E-state index contributed by atoms with van der Waals surface area (Å²) in [6.45, 7) is 1.66. The number of nitrogens with zero attached hydrogens (tertiary/aromatic N) is 1. The Morgan fingerprint density at radius 3 is 2.60 bits per heavy atom. The summed E-state index contributed by atoms with van der Waals surface area (Å²) in [6.07, 6.45) is 0.384. The molecule has 0 unspecified atom stereocenters. The van der Waals surface area contributed by atoms with Crippen molar-refractivity contribution in [3.8, 4) is 0 Å². The van der Waals surface area contributed by atoms with Gasteiger partial charge in [0.05, 0.1) is 6.61 Å². The van der Waals surface area contributed by atoms with Gasteiger partial charge in [0.2, 0.25) is 0 Å². The van der Waals surface area contributed by atoms with Crippen molar-refractivity contribution in [2.75, 3.05) is 33.9 Å². The van der Waals surface area contributed by atoms with Crippen LogP contribution in [0.15, 0.2) is 23.2 Å². The van der Waals surface area contributed by atoms with E-state index in [1.165, 1.54) is 6.07 Å². The molecule has 0 aliphatic carbocycles. The molecule has 0 bridgehead atoms. The first-order valence-electron chi connectivity index (χ1n) is 6.05. The Hall–Kier alpha value is -0.960. The second-order valence-electron chi connectivity index (χ2n) is 3.88. The number of halogens is 3. The van der Waals surface area contributed by atoms with Crippen LogP contribution in [-0.4, -0.2) is 39.8 Å². The fourth-order valence-corrected chi connectivity index (χ4v) is 1.55. The van der Waals surface area contributed by atoms with Gasteiger partial charge in [-0.15, -0.1) is 24.0 Å². The van der Waals surface area contributed by atoms with Crippen molar-refractivity contribution in [3.05, 3.63) is 35.4 Å². The highest BCUT2D eigenvalue weighted by molar-refractivity contribution is 14.0. The number of guanidine groups is 1. The minimum atomic E-state index is -0.819. The molecule has 1 aromatic rings. The Balaban J connectivity index is 0.00000361. The fraction of sp³-hybridized carbons (Fsp3) is 0.462. The molecule has 0 aromatic heterocycles. The van der Waals surface area contributed by atoms with Crippen LogP contribution in [0.2, 0.25) is 0 Å². The van der Waals surface area contributed by atoms with Crippen LogP contribution in [-0.2, 0) is 11.2 Å². The lowest BCUT2D eigenvalue weighted by molar-refractivity contribution is 0.203. The average Bonchev–Trinajstić information content (AvgIpc) is 2.42. The van der Waals surface area contributed by atoms with Crippen LogP contribution in [0.1, 0.15) is 5.56 Å². The molecule has 0 heterocycles. The molecule has 0 saturated carbocycles. The molecule has 0 aliphatic rings. The third-order valence-corrected chi connectivity index (χ3v) is 2.54. The molecule has 0 radical (unpaired) electrons. The molecule has 0 spiro atoms. The second-order valence-corrected chi connectivity index (χ2v) is 3.88. The number of ether oxygens (including phenoxy) is 1. The summed E-state index contributed by atoms with van der Waals surface area (Å²) in [5.41, 5.74) is 0.347. The van der Waals surface area contributed by atoms with E-state index in [0.717, 1.165) is 6.07 Å². The third kappa shape index (κ3) is 6.47. The van der Waals surface area contributed by atoms with Crippen molar-refractivity contribution in [2.45, 2.75) is 6.42 Å². The largest absolute Gasteiger partial charge is 0.383 e. The van der Waals surface area contributed by atoms with Crippen molar-refractivity contribution >= 4 is 29.9 Å². The maximum Gasteiger partial charge on any atom is 0.191 e. The predicted molar refractivity (Wildman–Crippen MR) is 86.7 cm³/mol. The normalized spacial score (nSPS) is 10.9. The zero-order valence-electron chi connectivity index (χ0n) is 11.6. The van der Waals surface area contributed by atoms with Crippen LogP contribution >= 0.6 is 24.0 Å². The van der Waals surface area contributed by atoms with Crippen LogP contribution in [0, 0.1) is 11.6 Å². The number of methoxy groups -OCH3 is 1. The Morgan fingerprint density at radius 2 is 1.95 bits per heavy atom. The fourth-order valence-electron chi connectivity index (χ4n) is 1.55. The lowest BCUT2D eigenvalue weighted by Gasteiger charge is -2.11. The standard InChI is InChI=1S/C13H19F2N3O.HI/c1-16-13(18-8-9-19-2)17-7-6-10-4-3-5-11(14)12(10)15;/h3-5H,6-9H2,1-2H3,(H2,16,17,18);1H. The lowest BCUT2D eigenvalue weighted by atomic mass is 10.1. The molecular formula is C13H20F2IN3O. The van der Waals surface area contributed by atoms with E-state index in [9.17, 15) is 8.78 Å². The number of rotatable bonds is 6. The first-order chi connectivity index (χ1) is 9.19. The Kier molecular flexibility index (Phi) is 10.3. The quantitative estimate of drug-likeness (QED) is 0.333. The number of hydrogen-bond donors (Lipinski definition) is 2. The predicted octanol–water partition coefficient (Wildman–Crippen LogP) is 1.94. The molecule has 0 amide bonds. The van der Waals surface area contributed by atoms with Gasteiger partial charge in [0.1, 0.15) is 0 Å². The van der Waals surface area contributed by atoms with Gasteiger partial charge in [0.25, 0.3) is 0 Å². The van der Waals surface area contributed by atoms with E-state index in [4.69, 9.17) is 4.74 Å². The summed E-state index contributed by atoms with van der Waals surface area (Å²) in [4.78, 5) is 4.00. The van der Waals surface area contributed by atoms with Gasteiger partial charge in [0, 0.05) is 27.2 Å². The van der Waals surface area contributed by atoms with E-state index in [1.54, 1.807) is 20.2 Å². The highest BCUT2D eigenvalue weighted by Crippen LogP contribution is 2.11. The number of nitrogens with one attached hydrogen (secondary N) is 2. The Labute approximate surface area is 135 Å². The number of benzene rings is 1. The van der Waals surface area contributed by atoms with E-state index in [-0.39, 0.29) is 24.0 Å². The van der Waals surface area contributed by atoms with Crippen LogP contribution in [0.25, 0.3) is 0 Å². The summed E-state index contributed by atoms with van der Waals surface area (Å²) >= 11 is 0. The van der Waals surface area contributed by atoms with Gasteiger partial charge in [-0.2, -0.15) is 0 Å². The van der Waals surface area contributed by atoms with E-state index >= 15 is 0 Å². The Morgan fingerprint density at radius 1 is 1.25 bits per heavy atom. The van der Waals surface area contributed by atoms with Crippen molar-refractivity contribution in [3.63, 3.8) is 0 Å². The van der Waals surface area contributed by atoms with Gasteiger partial charge in [0.15, 0.2) is 17.6 Å². The van der Waals surface area contributed by atoms with Crippen LogP contribution < -0.4 is 10.6 Å². The van der Waals surface area contributed by atoms with Crippen LogP contribution in [0.5, 0.6) is 0 Å². The van der Waals surface area contributed by atoms with Gasteiger partial charge in [-0.1, -0.05) is 12.1 Å². The van der Waals surface area contributed by atoms with Gasteiger partial charge < -0.3 is 15.4 Å². The molecular weight excluding hydrogens is 379 g/mol. The third-order valence-electron chi connectivity index (χ3n) is 2.54. The molecule has 0 fully saturated rings. The van der Waals surface area contributed by atoms with Gasteiger partial charge in [-0.25, -0.2) is 8.78 Å². The second kappa shape index (κ2) is 10.8. The first kappa shape index (κ1) is 19.0. The summed E-state index contributed by atoms with van der Waals surface area (Å²) in [5.74, 6) is -0.999. The molecule has 0 aliphatic heterocycles. The number of aliphatic imine (C=N–C) groups is 1. The van der Waals surface area contributed by atoms with Gasteiger partial charge >= 0.3 is 0 Å². The minimum Gasteiger partial charge on any atom is -0.383 e. The SMILES string of the molecule is CN=C(NCCOC)NCCc1cccc(F)c1F.I. The summed E-state index contributed by atoms with van der Waals surface area (Å²) in [6, 6.07) is 4.18. The molecule has 0 atom stereocenters. The van der Waals surface area contributed by atoms with E-state index < -0.39 is 11.6 Å². The van der Waals surface area contributed by atoms with Gasteiger partial charge in [-0.3, -0.25) is 4.99 Å². The van der Waals surface area contributed by atoms with E-state index in [0.29, 0.717) is 37.6 Å². The zero-order chi connectivity index (χ0) is 14.1. The monoisotopic (exact) mass is 399 g/mol. The van der Waals surface area contributed by atoms with E-state index in [1.807, 2.05) is 0 Å².